The summed E-state index contributed by atoms with van der Waals surface area (Å²) >= 11 is 5.18. The average Bonchev–Trinajstić information content (AvgIpc) is 2.85. The molecule has 0 radical (unpaired) electrons. The van der Waals surface area contributed by atoms with Gasteiger partial charge >= 0.3 is 0 Å². The van der Waals surface area contributed by atoms with E-state index in [9.17, 15) is 0 Å². The maximum Gasteiger partial charge on any atom is 0.0937 e. The lowest BCUT2D eigenvalue weighted by Gasteiger charge is -2.13. The summed E-state index contributed by atoms with van der Waals surface area (Å²) in [5.41, 5.74) is 1.37. The van der Waals surface area contributed by atoms with Crippen molar-refractivity contribution in [3.8, 4) is 0 Å². The Hall–Kier alpha value is -0.710. The highest BCUT2D eigenvalue weighted by molar-refractivity contribution is 9.10. The van der Waals surface area contributed by atoms with Crippen LogP contribution in [0.5, 0.6) is 0 Å². The quantitative estimate of drug-likeness (QED) is 0.876. The molecule has 0 fully saturated rings. The number of halogens is 1. The first kappa shape index (κ1) is 13.7. The fourth-order valence-electron chi connectivity index (χ4n) is 1.85. The first-order chi connectivity index (χ1) is 8.74. The van der Waals surface area contributed by atoms with E-state index in [0.29, 0.717) is 6.04 Å². The van der Waals surface area contributed by atoms with Gasteiger partial charge in [-0.1, -0.05) is 28.1 Å². The molecule has 0 aliphatic heterocycles. The molecule has 0 aliphatic rings. The molecule has 0 amide bonds. The van der Waals surface area contributed by atoms with Crippen molar-refractivity contribution < 1.29 is 0 Å². The molecule has 18 heavy (non-hydrogen) atoms. The van der Waals surface area contributed by atoms with Crippen molar-refractivity contribution >= 4 is 27.3 Å². The molecule has 96 valence electrons. The molecule has 1 N–H and O–H groups in total. The summed E-state index contributed by atoms with van der Waals surface area (Å²) in [6.07, 6.45) is 3.94. The topological polar surface area (TPSA) is 24.9 Å². The SMILES string of the molecule is CC(Cc1ccc(Br)cc1)NCCc1nccs1. The molecule has 1 atom stereocenters. The van der Waals surface area contributed by atoms with E-state index in [4.69, 9.17) is 0 Å². The van der Waals surface area contributed by atoms with Gasteiger partial charge in [-0.25, -0.2) is 4.98 Å². The molecule has 0 saturated carbocycles. The molecular weight excluding hydrogens is 308 g/mol. The van der Waals surface area contributed by atoms with Crippen LogP contribution in [0.25, 0.3) is 0 Å². The highest BCUT2D eigenvalue weighted by Gasteiger charge is 2.03. The average molecular weight is 325 g/mol. The Bertz CT molecular complexity index is 453. The Labute approximate surface area is 121 Å². The molecular formula is C14H17BrN2S. The molecule has 2 rings (SSSR count). The molecule has 1 unspecified atom stereocenters. The number of nitrogens with zero attached hydrogens (tertiary/aromatic N) is 1. The summed E-state index contributed by atoms with van der Waals surface area (Å²) in [5, 5.41) is 6.77. The van der Waals surface area contributed by atoms with Crippen LogP contribution in [-0.4, -0.2) is 17.6 Å². The predicted octanol–water partition coefficient (Wildman–Crippen LogP) is 3.67. The van der Waals surface area contributed by atoms with Crippen LogP contribution < -0.4 is 5.32 Å². The minimum atomic E-state index is 0.492. The molecule has 1 aromatic carbocycles. The van der Waals surface area contributed by atoms with E-state index in [-0.39, 0.29) is 0 Å². The van der Waals surface area contributed by atoms with Crippen molar-refractivity contribution in [2.24, 2.45) is 0 Å². The fourth-order valence-corrected chi connectivity index (χ4v) is 2.73. The van der Waals surface area contributed by atoms with Gasteiger partial charge in [-0.2, -0.15) is 0 Å². The van der Waals surface area contributed by atoms with Gasteiger partial charge in [0.05, 0.1) is 5.01 Å². The largest absolute Gasteiger partial charge is 0.314 e. The van der Waals surface area contributed by atoms with Crippen LogP contribution in [0.1, 0.15) is 17.5 Å². The van der Waals surface area contributed by atoms with Crippen LogP contribution in [0.2, 0.25) is 0 Å². The van der Waals surface area contributed by atoms with Gasteiger partial charge in [0.2, 0.25) is 0 Å². The zero-order chi connectivity index (χ0) is 12.8. The smallest absolute Gasteiger partial charge is 0.0937 e. The monoisotopic (exact) mass is 324 g/mol. The summed E-state index contributed by atoms with van der Waals surface area (Å²) in [7, 11) is 0. The number of hydrogen-bond donors (Lipinski definition) is 1. The number of benzene rings is 1. The lowest BCUT2D eigenvalue weighted by molar-refractivity contribution is 0.548. The van der Waals surface area contributed by atoms with Crippen LogP contribution in [0.3, 0.4) is 0 Å². The third kappa shape index (κ3) is 4.52. The molecule has 0 aliphatic carbocycles. The molecule has 1 heterocycles. The van der Waals surface area contributed by atoms with E-state index in [0.717, 1.165) is 23.9 Å². The van der Waals surface area contributed by atoms with Crippen LogP contribution >= 0.6 is 27.3 Å². The molecule has 1 aromatic heterocycles. The van der Waals surface area contributed by atoms with Gasteiger partial charge in [0.25, 0.3) is 0 Å². The van der Waals surface area contributed by atoms with Crippen molar-refractivity contribution in [3.63, 3.8) is 0 Å². The van der Waals surface area contributed by atoms with E-state index in [2.05, 4.69) is 57.4 Å². The standard InChI is InChI=1S/C14H17BrN2S/c1-11(10-12-2-4-13(15)5-3-12)16-7-6-14-17-8-9-18-14/h2-5,8-9,11,16H,6-7,10H2,1H3. The van der Waals surface area contributed by atoms with E-state index in [1.54, 1.807) is 11.3 Å². The van der Waals surface area contributed by atoms with Crippen LogP contribution in [-0.2, 0) is 12.8 Å². The molecule has 2 aromatic rings. The number of hydrogen-bond acceptors (Lipinski definition) is 3. The van der Waals surface area contributed by atoms with Crippen molar-refractivity contribution in [2.75, 3.05) is 6.54 Å². The number of rotatable bonds is 6. The Morgan fingerprint density at radius 1 is 1.33 bits per heavy atom. The van der Waals surface area contributed by atoms with Crippen molar-refractivity contribution in [3.05, 3.63) is 50.9 Å². The first-order valence-electron chi connectivity index (χ1n) is 6.10. The van der Waals surface area contributed by atoms with Gasteiger partial charge in [0.15, 0.2) is 0 Å². The molecule has 2 nitrogen and oxygen atoms in total. The zero-order valence-corrected chi connectivity index (χ0v) is 12.8. The zero-order valence-electron chi connectivity index (χ0n) is 10.4. The Morgan fingerprint density at radius 2 is 2.11 bits per heavy atom. The first-order valence-corrected chi connectivity index (χ1v) is 7.77. The summed E-state index contributed by atoms with van der Waals surface area (Å²) < 4.78 is 1.13. The third-order valence-corrected chi connectivity index (χ3v) is 4.14. The fraction of sp³-hybridized carbons (Fsp3) is 0.357. The van der Waals surface area contributed by atoms with Gasteiger partial charge < -0.3 is 5.32 Å². The van der Waals surface area contributed by atoms with Crippen molar-refractivity contribution in [1.29, 1.82) is 0 Å². The molecule has 4 heteroatoms. The second kappa shape index (κ2) is 7.02. The highest BCUT2D eigenvalue weighted by atomic mass is 79.9. The summed E-state index contributed by atoms with van der Waals surface area (Å²) in [6, 6.07) is 9.02. The number of nitrogens with one attached hydrogen (secondary N) is 1. The Morgan fingerprint density at radius 3 is 2.78 bits per heavy atom. The number of thiazole rings is 1. The summed E-state index contributed by atoms with van der Waals surface area (Å²) in [5.74, 6) is 0. The van der Waals surface area contributed by atoms with Crippen LogP contribution in [0.4, 0.5) is 0 Å². The molecule has 0 spiro atoms. The van der Waals surface area contributed by atoms with Gasteiger partial charge in [0.1, 0.15) is 0 Å². The number of aromatic nitrogens is 1. The second-order valence-corrected chi connectivity index (χ2v) is 6.26. The predicted molar refractivity (Wildman–Crippen MR) is 81.1 cm³/mol. The second-order valence-electron chi connectivity index (χ2n) is 4.36. The normalized spacial score (nSPS) is 12.6. The van der Waals surface area contributed by atoms with E-state index >= 15 is 0 Å². The summed E-state index contributed by atoms with van der Waals surface area (Å²) in [4.78, 5) is 4.28. The Balaban J connectivity index is 1.71. The lowest BCUT2D eigenvalue weighted by Crippen LogP contribution is -2.29. The third-order valence-electron chi connectivity index (χ3n) is 2.77. The molecule has 0 bridgehead atoms. The van der Waals surface area contributed by atoms with Gasteiger partial charge in [-0.15, -0.1) is 11.3 Å². The van der Waals surface area contributed by atoms with Gasteiger partial charge in [-0.3, -0.25) is 0 Å². The van der Waals surface area contributed by atoms with Crippen LogP contribution in [0, 0.1) is 0 Å². The van der Waals surface area contributed by atoms with Crippen molar-refractivity contribution in [2.45, 2.75) is 25.8 Å². The van der Waals surface area contributed by atoms with Crippen molar-refractivity contribution in [1.82, 2.24) is 10.3 Å². The van der Waals surface area contributed by atoms with E-state index in [1.165, 1.54) is 10.6 Å². The highest BCUT2D eigenvalue weighted by Crippen LogP contribution is 2.12. The molecule has 0 saturated heterocycles. The van der Waals surface area contributed by atoms with Gasteiger partial charge in [0, 0.05) is 35.1 Å². The maximum absolute atomic E-state index is 4.28. The maximum atomic E-state index is 4.28. The summed E-state index contributed by atoms with van der Waals surface area (Å²) in [6.45, 7) is 3.22. The van der Waals surface area contributed by atoms with E-state index in [1.807, 2.05) is 11.6 Å². The van der Waals surface area contributed by atoms with E-state index < -0.39 is 0 Å². The minimum Gasteiger partial charge on any atom is -0.314 e. The van der Waals surface area contributed by atoms with Crippen LogP contribution in [0.15, 0.2) is 40.3 Å². The lowest BCUT2D eigenvalue weighted by atomic mass is 10.1. The van der Waals surface area contributed by atoms with Gasteiger partial charge in [-0.05, 0) is 31.0 Å². The Kier molecular flexibility index (Phi) is 5.35. The minimum absolute atomic E-state index is 0.492.